The highest BCUT2D eigenvalue weighted by atomic mass is 35.5. The number of hydrogen-bond donors (Lipinski definition) is 1. The van der Waals surface area contributed by atoms with Crippen LogP contribution in [0.15, 0.2) is 30.3 Å². The molecule has 98 valence electrons. The Morgan fingerprint density at radius 3 is 2.84 bits per heavy atom. The van der Waals surface area contributed by atoms with E-state index in [2.05, 4.69) is 10.3 Å². The van der Waals surface area contributed by atoms with Crippen LogP contribution < -0.4 is 5.32 Å². The third kappa shape index (κ3) is 3.06. The number of rotatable bonds is 3. The molecule has 0 aliphatic rings. The van der Waals surface area contributed by atoms with Crippen molar-refractivity contribution in [1.82, 2.24) is 4.98 Å². The molecule has 1 aromatic carbocycles. The number of amides is 1. The SMILES string of the molecule is C/C=C\c1ccc2c(NC(=O)CCl)c(Cl)ccc2n1. The molecule has 1 N–H and O–H groups in total. The lowest BCUT2D eigenvalue weighted by Crippen LogP contribution is -2.13. The molecular formula is C14H12Cl2N2O. The molecule has 5 heteroatoms. The Balaban J connectivity index is 2.56. The molecule has 0 bridgehead atoms. The number of fused-ring (bicyclic) bond motifs is 1. The van der Waals surface area contributed by atoms with Crippen LogP contribution in [0.1, 0.15) is 12.6 Å². The highest BCUT2D eigenvalue weighted by molar-refractivity contribution is 6.36. The summed E-state index contributed by atoms with van der Waals surface area (Å²) in [5.74, 6) is -0.412. The van der Waals surface area contributed by atoms with E-state index in [0.717, 1.165) is 16.6 Å². The number of benzene rings is 1. The third-order valence-corrected chi connectivity index (χ3v) is 3.12. The molecule has 0 saturated heterocycles. The quantitative estimate of drug-likeness (QED) is 0.866. The van der Waals surface area contributed by atoms with Crippen molar-refractivity contribution in [2.24, 2.45) is 0 Å². The summed E-state index contributed by atoms with van der Waals surface area (Å²) in [4.78, 5) is 15.9. The maximum Gasteiger partial charge on any atom is 0.239 e. The van der Waals surface area contributed by atoms with Gasteiger partial charge in [0.25, 0.3) is 0 Å². The predicted molar refractivity (Wildman–Crippen MR) is 80.8 cm³/mol. The first-order valence-corrected chi connectivity index (χ1v) is 6.64. The van der Waals surface area contributed by atoms with Crippen LogP contribution in [0.5, 0.6) is 0 Å². The second-order valence-corrected chi connectivity index (χ2v) is 4.58. The summed E-state index contributed by atoms with van der Waals surface area (Å²) < 4.78 is 0. The Bertz CT molecular complexity index is 653. The third-order valence-electron chi connectivity index (χ3n) is 2.57. The van der Waals surface area contributed by atoms with Gasteiger partial charge in [0.15, 0.2) is 0 Å². The summed E-state index contributed by atoms with van der Waals surface area (Å²) in [7, 11) is 0. The molecule has 0 atom stereocenters. The molecule has 0 saturated carbocycles. The van der Waals surface area contributed by atoms with Crippen LogP contribution in [-0.2, 0) is 4.79 Å². The number of allylic oxidation sites excluding steroid dienone is 1. The first-order chi connectivity index (χ1) is 9.15. The van der Waals surface area contributed by atoms with Gasteiger partial charge in [0.05, 0.1) is 21.9 Å². The van der Waals surface area contributed by atoms with Crippen molar-refractivity contribution < 1.29 is 4.79 Å². The molecule has 0 unspecified atom stereocenters. The van der Waals surface area contributed by atoms with Gasteiger partial charge in [-0.3, -0.25) is 4.79 Å². The van der Waals surface area contributed by atoms with Crippen LogP contribution in [0.25, 0.3) is 17.0 Å². The monoisotopic (exact) mass is 294 g/mol. The molecule has 19 heavy (non-hydrogen) atoms. The van der Waals surface area contributed by atoms with Gasteiger partial charge in [-0.15, -0.1) is 11.6 Å². The van der Waals surface area contributed by atoms with Crippen molar-refractivity contribution >= 4 is 51.8 Å². The summed E-state index contributed by atoms with van der Waals surface area (Å²) in [6.45, 7) is 1.93. The molecule has 3 nitrogen and oxygen atoms in total. The Morgan fingerprint density at radius 1 is 1.37 bits per heavy atom. The number of anilines is 1. The van der Waals surface area contributed by atoms with E-state index in [-0.39, 0.29) is 11.8 Å². The number of pyridine rings is 1. The zero-order valence-corrected chi connectivity index (χ0v) is 11.8. The Kier molecular flexibility index (Phi) is 4.40. The fourth-order valence-electron chi connectivity index (χ4n) is 1.76. The molecule has 1 aromatic heterocycles. The fraction of sp³-hybridized carbons (Fsp3) is 0.143. The minimum atomic E-state index is -0.298. The molecule has 1 heterocycles. The zero-order chi connectivity index (χ0) is 13.8. The van der Waals surface area contributed by atoms with E-state index in [1.54, 1.807) is 6.07 Å². The van der Waals surface area contributed by atoms with Crippen LogP contribution in [0, 0.1) is 0 Å². The van der Waals surface area contributed by atoms with E-state index in [1.807, 2.05) is 37.3 Å². The van der Waals surface area contributed by atoms with Gasteiger partial charge in [0.1, 0.15) is 5.88 Å². The largest absolute Gasteiger partial charge is 0.323 e. The van der Waals surface area contributed by atoms with E-state index in [4.69, 9.17) is 23.2 Å². The number of carbonyl (C=O) groups excluding carboxylic acids is 1. The van der Waals surface area contributed by atoms with Crippen LogP contribution >= 0.6 is 23.2 Å². The number of aromatic nitrogens is 1. The average molecular weight is 295 g/mol. The molecule has 0 radical (unpaired) electrons. The molecule has 0 aliphatic carbocycles. The van der Waals surface area contributed by atoms with Gasteiger partial charge in [0.2, 0.25) is 5.91 Å². The molecule has 2 rings (SSSR count). The normalized spacial score (nSPS) is 11.1. The number of hydrogen-bond acceptors (Lipinski definition) is 2. The van der Waals surface area contributed by atoms with Gasteiger partial charge in [0, 0.05) is 5.39 Å². The Labute approximate surface area is 121 Å². The maximum absolute atomic E-state index is 11.4. The second kappa shape index (κ2) is 6.04. The van der Waals surface area contributed by atoms with Gasteiger partial charge in [-0.1, -0.05) is 17.7 Å². The smallest absolute Gasteiger partial charge is 0.239 e. The Morgan fingerprint density at radius 2 is 2.16 bits per heavy atom. The number of nitrogens with zero attached hydrogens (tertiary/aromatic N) is 1. The van der Waals surface area contributed by atoms with Crippen molar-refractivity contribution in [3.8, 4) is 0 Å². The predicted octanol–water partition coefficient (Wildman–Crippen LogP) is 4.10. The second-order valence-electron chi connectivity index (χ2n) is 3.91. The van der Waals surface area contributed by atoms with Gasteiger partial charge >= 0.3 is 0 Å². The lowest BCUT2D eigenvalue weighted by atomic mass is 10.1. The molecule has 0 fully saturated rings. The van der Waals surface area contributed by atoms with E-state index in [0.29, 0.717) is 10.7 Å². The van der Waals surface area contributed by atoms with E-state index < -0.39 is 0 Å². The lowest BCUT2D eigenvalue weighted by molar-refractivity contribution is -0.113. The number of alkyl halides is 1. The van der Waals surface area contributed by atoms with Crippen LogP contribution in [-0.4, -0.2) is 16.8 Å². The average Bonchev–Trinajstić information content (AvgIpc) is 2.42. The van der Waals surface area contributed by atoms with Crippen molar-refractivity contribution in [2.75, 3.05) is 11.2 Å². The standard InChI is InChI=1S/C14H12Cl2N2O/c1-2-3-9-4-5-10-12(17-9)7-6-11(16)14(10)18-13(19)8-15/h2-7H,8H2,1H3,(H,18,19)/b3-2-. The van der Waals surface area contributed by atoms with Gasteiger partial charge in [-0.25, -0.2) is 4.98 Å². The molecule has 0 aliphatic heterocycles. The van der Waals surface area contributed by atoms with Crippen LogP contribution in [0.4, 0.5) is 5.69 Å². The maximum atomic E-state index is 11.4. The lowest BCUT2D eigenvalue weighted by Gasteiger charge is -2.09. The van der Waals surface area contributed by atoms with Crippen molar-refractivity contribution in [1.29, 1.82) is 0 Å². The fourth-order valence-corrected chi connectivity index (χ4v) is 2.04. The van der Waals surface area contributed by atoms with Crippen molar-refractivity contribution in [3.63, 3.8) is 0 Å². The first kappa shape index (κ1) is 13.8. The Hall–Kier alpha value is -1.58. The van der Waals surface area contributed by atoms with E-state index in [9.17, 15) is 4.79 Å². The molecular weight excluding hydrogens is 283 g/mol. The zero-order valence-electron chi connectivity index (χ0n) is 10.3. The topological polar surface area (TPSA) is 42.0 Å². The van der Waals surface area contributed by atoms with Gasteiger partial charge in [-0.05, 0) is 37.3 Å². The van der Waals surface area contributed by atoms with Gasteiger partial charge in [-0.2, -0.15) is 0 Å². The highest BCUT2D eigenvalue weighted by Crippen LogP contribution is 2.30. The summed E-state index contributed by atoms with van der Waals surface area (Å²) in [6.07, 6.45) is 3.82. The summed E-state index contributed by atoms with van der Waals surface area (Å²) in [5, 5.41) is 3.95. The van der Waals surface area contributed by atoms with E-state index in [1.165, 1.54) is 0 Å². The summed E-state index contributed by atoms with van der Waals surface area (Å²) in [6, 6.07) is 7.28. The summed E-state index contributed by atoms with van der Waals surface area (Å²) in [5.41, 5.74) is 2.17. The number of halogens is 2. The van der Waals surface area contributed by atoms with Crippen molar-refractivity contribution in [2.45, 2.75) is 6.92 Å². The molecule has 0 spiro atoms. The number of carbonyl (C=O) groups is 1. The minimum Gasteiger partial charge on any atom is -0.323 e. The molecule has 1 amide bonds. The van der Waals surface area contributed by atoms with Gasteiger partial charge < -0.3 is 5.32 Å². The van der Waals surface area contributed by atoms with Crippen molar-refractivity contribution in [3.05, 3.63) is 41.1 Å². The first-order valence-electron chi connectivity index (χ1n) is 5.73. The highest BCUT2D eigenvalue weighted by Gasteiger charge is 2.10. The van der Waals surface area contributed by atoms with Crippen LogP contribution in [0.2, 0.25) is 5.02 Å². The minimum absolute atomic E-state index is 0.114. The molecule has 2 aromatic rings. The van der Waals surface area contributed by atoms with Crippen LogP contribution in [0.3, 0.4) is 0 Å². The number of nitrogens with one attached hydrogen (secondary N) is 1. The van der Waals surface area contributed by atoms with E-state index >= 15 is 0 Å². The summed E-state index contributed by atoms with van der Waals surface area (Å²) >= 11 is 11.6.